The van der Waals surface area contributed by atoms with Crippen molar-refractivity contribution < 1.29 is 23.8 Å². The number of rotatable bonds is 10. The highest BCUT2D eigenvalue weighted by molar-refractivity contribution is 9.10. The second-order valence-corrected chi connectivity index (χ2v) is 8.25. The quantitative estimate of drug-likeness (QED) is 0.467. The molecule has 0 amide bonds. The molecule has 8 heteroatoms. The molecule has 5 nitrogen and oxygen atoms in total. The summed E-state index contributed by atoms with van der Waals surface area (Å²) in [5.74, 6) is -0.208. The number of benzene rings is 2. The van der Waals surface area contributed by atoms with E-state index < -0.39 is 17.8 Å². The monoisotopic (exact) mass is 487 g/mol. The first kappa shape index (κ1) is 23.4. The lowest BCUT2D eigenvalue weighted by Crippen LogP contribution is -2.37. The van der Waals surface area contributed by atoms with Crippen LogP contribution in [0.25, 0.3) is 0 Å². The molecule has 0 aromatic heterocycles. The van der Waals surface area contributed by atoms with Crippen molar-refractivity contribution in [2.24, 2.45) is 5.92 Å². The van der Waals surface area contributed by atoms with Gasteiger partial charge in [0.25, 0.3) is 0 Å². The summed E-state index contributed by atoms with van der Waals surface area (Å²) in [5.41, 5.74) is 1.07. The number of aliphatic carboxylic acids is 1. The minimum Gasteiger partial charge on any atom is -0.493 e. The lowest BCUT2D eigenvalue weighted by molar-refractivity contribution is -0.140. The minimum absolute atomic E-state index is 0.0542. The summed E-state index contributed by atoms with van der Waals surface area (Å²) in [6.45, 7) is 4.23. The summed E-state index contributed by atoms with van der Waals surface area (Å²) in [6.07, 6.45) is 0.523. The summed E-state index contributed by atoms with van der Waals surface area (Å²) >= 11 is 9.52. The zero-order valence-corrected chi connectivity index (χ0v) is 18.8. The number of ether oxygens (including phenoxy) is 2. The summed E-state index contributed by atoms with van der Waals surface area (Å²) in [5, 5.41) is 12.7. The molecule has 0 aliphatic heterocycles. The third-order valence-electron chi connectivity index (χ3n) is 4.31. The van der Waals surface area contributed by atoms with Crippen molar-refractivity contribution in [2.75, 3.05) is 7.11 Å². The molecule has 2 N–H and O–H groups in total. The topological polar surface area (TPSA) is 67.8 Å². The van der Waals surface area contributed by atoms with E-state index in [1.54, 1.807) is 18.2 Å². The fourth-order valence-corrected chi connectivity index (χ4v) is 3.46. The highest BCUT2D eigenvalue weighted by atomic mass is 79.9. The van der Waals surface area contributed by atoms with Gasteiger partial charge in [-0.2, -0.15) is 0 Å². The molecule has 2 aromatic carbocycles. The van der Waals surface area contributed by atoms with Crippen LogP contribution in [0.3, 0.4) is 0 Å². The average Bonchev–Trinajstić information content (AvgIpc) is 2.65. The van der Waals surface area contributed by atoms with Gasteiger partial charge in [-0.25, -0.2) is 4.39 Å². The van der Waals surface area contributed by atoms with Gasteiger partial charge in [-0.1, -0.05) is 47.4 Å². The molecule has 2 aromatic rings. The second-order valence-electron chi connectivity index (χ2n) is 6.98. The molecule has 29 heavy (non-hydrogen) atoms. The van der Waals surface area contributed by atoms with Crippen molar-refractivity contribution >= 4 is 33.5 Å². The zero-order chi connectivity index (χ0) is 21.6. The highest BCUT2D eigenvalue weighted by Gasteiger charge is 2.19. The van der Waals surface area contributed by atoms with E-state index in [9.17, 15) is 14.3 Å². The largest absolute Gasteiger partial charge is 0.493 e. The number of hydrogen-bond acceptors (Lipinski definition) is 4. The van der Waals surface area contributed by atoms with Crippen LogP contribution in [-0.4, -0.2) is 24.2 Å². The summed E-state index contributed by atoms with van der Waals surface area (Å²) in [4.78, 5) is 11.4. The smallest absolute Gasteiger partial charge is 0.320 e. The van der Waals surface area contributed by atoms with Gasteiger partial charge < -0.3 is 19.9 Å². The van der Waals surface area contributed by atoms with Crippen molar-refractivity contribution in [3.05, 3.63) is 56.8 Å². The first-order valence-corrected chi connectivity index (χ1v) is 10.3. The van der Waals surface area contributed by atoms with Gasteiger partial charge in [-0.05, 0) is 42.2 Å². The van der Waals surface area contributed by atoms with E-state index in [1.807, 2.05) is 13.8 Å². The molecule has 0 saturated heterocycles. The van der Waals surface area contributed by atoms with Gasteiger partial charge in [-0.3, -0.25) is 4.79 Å². The molecule has 158 valence electrons. The van der Waals surface area contributed by atoms with Crippen LogP contribution in [0.4, 0.5) is 4.39 Å². The maximum atomic E-state index is 13.9. The van der Waals surface area contributed by atoms with Crippen molar-refractivity contribution in [1.82, 2.24) is 5.32 Å². The van der Waals surface area contributed by atoms with Crippen molar-refractivity contribution in [2.45, 2.75) is 39.5 Å². The Morgan fingerprint density at radius 3 is 2.62 bits per heavy atom. The lowest BCUT2D eigenvalue weighted by Gasteiger charge is -2.18. The van der Waals surface area contributed by atoms with Gasteiger partial charge in [-0.15, -0.1) is 0 Å². The molecule has 1 atom stereocenters. The molecule has 0 fully saturated rings. The van der Waals surface area contributed by atoms with Gasteiger partial charge in [0, 0.05) is 16.6 Å². The van der Waals surface area contributed by atoms with Gasteiger partial charge in [0.15, 0.2) is 11.5 Å². The lowest BCUT2D eigenvalue weighted by atomic mass is 10.0. The number of carboxylic acid groups (broad SMARTS) is 1. The number of methoxy groups -OCH3 is 1. The fourth-order valence-electron chi connectivity index (χ4n) is 2.78. The summed E-state index contributed by atoms with van der Waals surface area (Å²) in [6, 6.07) is 7.27. The van der Waals surface area contributed by atoms with Gasteiger partial charge in [0.05, 0.1) is 12.1 Å². The third kappa shape index (κ3) is 6.59. The molecule has 0 aliphatic rings. The van der Waals surface area contributed by atoms with Crippen LogP contribution in [0, 0.1) is 11.7 Å². The molecular weight excluding hydrogens is 465 g/mol. The van der Waals surface area contributed by atoms with E-state index in [-0.39, 0.29) is 23.1 Å². The normalized spacial score (nSPS) is 12.1. The molecule has 0 aliphatic carbocycles. The van der Waals surface area contributed by atoms with E-state index in [4.69, 9.17) is 21.1 Å². The zero-order valence-electron chi connectivity index (χ0n) is 16.5. The number of hydrogen-bond donors (Lipinski definition) is 2. The Labute approximate surface area is 183 Å². The molecule has 0 bridgehead atoms. The first-order valence-electron chi connectivity index (χ1n) is 9.11. The molecule has 2 rings (SSSR count). The fraction of sp³-hybridized carbons (Fsp3) is 0.381. The van der Waals surface area contributed by atoms with Crippen LogP contribution in [0.1, 0.15) is 31.4 Å². The molecule has 0 saturated carbocycles. The average molecular weight is 489 g/mol. The Balaban J connectivity index is 2.15. The summed E-state index contributed by atoms with van der Waals surface area (Å²) in [7, 11) is 1.50. The van der Waals surface area contributed by atoms with Gasteiger partial charge >= 0.3 is 5.97 Å². The number of carbonyl (C=O) groups is 1. The predicted octanol–water partition coefficient (Wildman–Crippen LogP) is 5.42. The summed E-state index contributed by atoms with van der Waals surface area (Å²) < 4.78 is 25.8. The van der Waals surface area contributed by atoms with E-state index >= 15 is 0 Å². The van der Waals surface area contributed by atoms with Gasteiger partial charge in [0.2, 0.25) is 0 Å². The molecule has 0 heterocycles. The Hall–Kier alpha value is -1.83. The van der Waals surface area contributed by atoms with Crippen LogP contribution in [0.2, 0.25) is 5.02 Å². The molecule has 0 spiro atoms. The van der Waals surface area contributed by atoms with E-state index in [0.29, 0.717) is 28.9 Å². The standard InChI is InChI=1S/C21H24BrClFNO4/c1-12(2)7-18(21(26)27)25-10-13-8-19(28-3)20(9-15(13)22)29-11-14-16(23)5-4-6-17(14)24/h4-6,8-9,12,18,25H,7,10-11H2,1-3H3,(H,26,27). The van der Waals surface area contributed by atoms with Crippen LogP contribution in [0.15, 0.2) is 34.8 Å². The third-order valence-corrected chi connectivity index (χ3v) is 5.40. The Morgan fingerprint density at radius 2 is 2.03 bits per heavy atom. The van der Waals surface area contributed by atoms with Crippen LogP contribution in [0.5, 0.6) is 11.5 Å². The van der Waals surface area contributed by atoms with Crippen LogP contribution in [-0.2, 0) is 17.9 Å². The molecular formula is C21H24BrClFNO4. The van der Waals surface area contributed by atoms with E-state index in [0.717, 1.165) is 5.56 Å². The first-order chi connectivity index (χ1) is 13.7. The Kier molecular flexibility index (Phi) is 8.74. The van der Waals surface area contributed by atoms with Crippen molar-refractivity contribution in [3.8, 4) is 11.5 Å². The Morgan fingerprint density at radius 1 is 1.31 bits per heavy atom. The van der Waals surface area contributed by atoms with Crippen molar-refractivity contribution in [1.29, 1.82) is 0 Å². The SMILES string of the molecule is COc1cc(CNC(CC(C)C)C(=O)O)c(Br)cc1OCc1c(F)cccc1Cl. The number of carboxylic acids is 1. The molecule has 0 radical (unpaired) electrons. The van der Waals surface area contributed by atoms with Crippen LogP contribution >= 0.6 is 27.5 Å². The van der Waals surface area contributed by atoms with Gasteiger partial charge in [0.1, 0.15) is 18.5 Å². The van der Waals surface area contributed by atoms with E-state index in [1.165, 1.54) is 19.2 Å². The van der Waals surface area contributed by atoms with Crippen LogP contribution < -0.4 is 14.8 Å². The van der Waals surface area contributed by atoms with Crippen molar-refractivity contribution in [3.63, 3.8) is 0 Å². The highest BCUT2D eigenvalue weighted by Crippen LogP contribution is 2.35. The predicted molar refractivity (Wildman–Crippen MR) is 114 cm³/mol. The maximum Gasteiger partial charge on any atom is 0.320 e. The second kappa shape index (κ2) is 10.8. The molecule has 1 unspecified atom stereocenters. The number of nitrogens with one attached hydrogen (secondary N) is 1. The maximum absolute atomic E-state index is 13.9. The van der Waals surface area contributed by atoms with E-state index in [2.05, 4.69) is 21.2 Å². The Bertz CT molecular complexity index is 843. The number of halogens is 3. The minimum atomic E-state index is -0.886.